The first-order chi connectivity index (χ1) is 51.6. The number of carbonyl (C=O) groups is 15. The molecule has 0 aliphatic rings. The fraction of sp³-hybridized carbons (Fsp3) is 0.408. The number of thiol groups is 1. The number of nitrogens with two attached hydrogens (primary N) is 2. The lowest BCUT2D eigenvalue weighted by atomic mass is 10.00. The molecule has 0 unspecified atom stereocenters. The molecule has 12 atom stereocenters. The number of thiocarbonyl (C=S) groups is 1. The zero-order valence-electron chi connectivity index (χ0n) is 59.4. The van der Waals surface area contributed by atoms with Crippen LogP contribution < -0.4 is 85.9 Å². The number of nitrogens with one attached hydrogen (secondary N) is 15. The van der Waals surface area contributed by atoms with Crippen LogP contribution in [0.3, 0.4) is 0 Å². The molecule has 35 nitrogen and oxygen atoms in total. The van der Waals surface area contributed by atoms with Gasteiger partial charge in [-0.1, -0.05) is 121 Å². The minimum Gasteiger partial charge on any atom is -0.394 e. The number of fused-ring (bicyclic) bond motifs is 1. The minimum atomic E-state index is -1.88. The topological polar surface area (TPSA) is 553 Å². The minimum absolute atomic E-state index is 0.136. The molecule has 0 radical (unpaired) electrons. The molecule has 1 heterocycles. The van der Waals surface area contributed by atoms with Crippen LogP contribution >= 0.6 is 24.8 Å². The van der Waals surface area contributed by atoms with Gasteiger partial charge in [-0.15, -0.1) is 0 Å². The van der Waals surface area contributed by atoms with Gasteiger partial charge >= 0.3 is 0 Å². The Kier molecular flexibility index (Phi) is 36.8. The monoisotopic (exact) mass is 1540 g/mol. The van der Waals surface area contributed by atoms with E-state index in [1.807, 2.05) is 5.32 Å². The highest BCUT2D eigenvalue weighted by atomic mass is 32.1. The number of hydrogen-bond acceptors (Lipinski definition) is 22. The van der Waals surface area contributed by atoms with Crippen LogP contribution in [-0.2, 0) is 97.6 Å². The van der Waals surface area contributed by atoms with Gasteiger partial charge in [0.05, 0.1) is 50.4 Å². The molecule has 0 fully saturated rings. The van der Waals surface area contributed by atoms with E-state index in [9.17, 15) is 77.6 Å². The Balaban J connectivity index is 1.40. The van der Waals surface area contributed by atoms with E-state index >= 15 is 9.59 Å². The Hall–Kier alpha value is -11.1. The number of rotatable bonds is 44. The van der Waals surface area contributed by atoms with E-state index in [4.69, 9.17) is 11.5 Å². The van der Waals surface area contributed by atoms with Crippen molar-refractivity contribution in [3.63, 3.8) is 0 Å². The zero-order valence-corrected chi connectivity index (χ0v) is 61.1. The molecule has 5 rings (SSSR count). The van der Waals surface area contributed by atoms with E-state index in [0.29, 0.717) is 44.9 Å². The average molecular weight is 1540 g/mol. The van der Waals surface area contributed by atoms with Crippen molar-refractivity contribution in [3.05, 3.63) is 144 Å². The number of aromatic nitrogens is 1. The SMILES string of the molecule is C[C@H](NC(=O)CNC(=O)CNC(=O)CN)C(=O)NCC(=O)N[C@@H](CS)C(=O)N[C@@H](Cc1ccccc1)C(=O)N[C@@H](Cc1ccccc1)C(=O)N[C@@H](Cc1c[nH]c2ccccc12)C(=O)N[C@@H](CCCCN)C(=O)N[C@H](C(=O)N[C@@H](Cc1ccccc1)C(=O)N[C@H](C(=O)N[C@@H](CO)C(=O)NC(=O)C=S)[C@@H](C)O)[C@@H](C)O. The Morgan fingerprint density at radius 1 is 0.444 bits per heavy atom. The number of hydrogen-bond donors (Lipinski definition) is 21. The van der Waals surface area contributed by atoms with Crippen LogP contribution in [0.2, 0.25) is 0 Å². The van der Waals surface area contributed by atoms with Crippen LogP contribution in [0.25, 0.3) is 10.9 Å². The van der Waals surface area contributed by atoms with E-state index in [-0.39, 0.29) is 57.4 Å². The lowest BCUT2D eigenvalue weighted by molar-refractivity contribution is -0.138. The summed E-state index contributed by atoms with van der Waals surface area (Å²) >= 11 is 8.78. The van der Waals surface area contributed by atoms with Gasteiger partial charge < -0.3 is 101 Å². The molecule has 0 aliphatic carbocycles. The van der Waals surface area contributed by atoms with Gasteiger partial charge in [0.25, 0.3) is 11.8 Å². The van der Waals surface area contributed by atoms with Crippen LogP contribution in [0.1, 0.15) is 62.3 Å². The van der Waals surface area contributed by atoms with Gasteiger partial charge in [-0.2, -0.15) is 12.6 Å². The number of unbranched alkanes of at least 4 members (excludes halogenated alkanes) is 1. The van der Waals surface area contributed by atoms with Crippen LogP contribution in [0.15, 0.2) is 121 Å². The summed E-state index contributed by atoms with van der Waals surface area (Å²) in [5, 5.41) is 66.9. The molecule has 0 spiro atoms. The summed E-state index contributed by atoms with van der Waals surface area (Å²) in [4.78, 5) is 206. The van der Waals surface area contributed by atoms with Crippen LogP contribution in [0.4, 0.5) is 0 Å². The second-order valence-corrected chi connectivity index (χ2v) is 25.6. The molecule has 4 aromatic carbocycles. The number of para-hydroxylation sites is 1. The van der Waals surface area contributed by atoms with E-state index in [2.05, 4.69) is 98.9 Å². The number of benzene rings is 4. The van der Waals surface area contributed by atoms with Crippen molar-refractivity contribution < 1.29 is 87.2 Å². The van der Waals surface area contributed by atoms with Gasteiger partial charge in [0.1, 0.15) is 60.4 Å². The van der Waals surface area contributed by atoms with Gasteiger partial charge in [-0.05, 0) is 74.9 Å². The second kappa shape index (κ2) is 45.4. The van der Waals surface area contributed by atoms with E-state index in [1.54, 1.807) is 121 Å². The maximum atomic E-state index is 15.2. The van der Waals surface area contributed by atoms with Crippen LogP contribution in [0, 0.1) is 0 Å². The lowest BCUT2D eigenvalue weighted by Crippen LogP contribution is -2.63. The Morgan fingerprint density at radius 2 is 0.852 bits per heavy atom. The summed E-state index contributed by atoms with van der Waals surface area (Å²) in [5.41, 5.74) is 13.8. The quantitative estimate of drug-likeness (QED) is 0.00981. The molecule has 582 valence electrons. The maximum absolute atomic E-state index is 15.2. The van der Waals surface area contributed by atoms with Crippen molar-refractivity contribution in [1.29, 1.82) is 0 Å². The average Bonchev–Trinajstić information content (AvgIpc) is 1.58. The summed E-state index contributed by atoms with van der Waals surface area (Å²) in [6.07, 6.45) is -2.32. The summed E-state index contributed by atoms with van der Waals surface area (Å²) in [6, 6.07) is 16.2. The third-order valence-corrected chi connectivity index (χ3v) is 17.0. The molecular formula is C71H93N17O18S2. The van der Waals surface area contributed by atoms with Crippen molar-refractivity contribution in [2.24, 2.45) is 11.5 Å². The number of aliphatic hydroxyl groups is 3. The van der Waals surface area contributed by atoms with Crippen molar-refractivity contribution in [2.75, 3.05) is 45.1 Å². The lowest BCUT2D eigenvalue weighted by Gasteiger charge is -2.29. The van der Waals surface area contributed by atoms with Crippen LogP contribution in [0.5, 0.6) is 0 Å². The highest BCUT2D eigenvalue weighted by Gasteiger charge is 2.38. The summed E-state index contributed by atoms with van der Waals surface area (Å²) in [6.45, 7) is 0.614. The normalized spacial score (nSPS) is 14.3. The number of aliphatic hydroxyl groups excluding tert-OH is 3. The molecule has 5 aromatic rings. The van der Waals surface area contributed by atoms with Gasteiger partial charge in [0.2, 0.25) is 76.8 Å². The molecule has 0 bridgehead atoms. The number of H-pyrrole nitrogens is 1. The van der Waals surface area contributed by atoms with Gasteiger partial charge in [0, 0.05) is 48.5 Å². The molecule has 108 heavy (non-hydrogen) atoms. The van der Waals surface area contributed by atoms with Crippen molar-refractivity contribution in [2.45, 2.75) is 138 Å². The Labute approximate surface area is 632 Å². The zero-order chi connectivity index (χ0) is 79.4. The summed E-state index contributed by atoms with van der Waals surface area (Å²) in [7, 11) is 0. The molecule has 15 amide bonds. The van der Waals surface area contributed by atoms with Gasteiger partial charge in [-0.3, -0.25) is 77.2 Å². The first-order valence-electron chi connectivity index (χ1n) is 34.4. The summed E-state index contributed by atoms with van der Waals surface area (Å²) in [5.74, 6) is -14.5. The number of aromatic amines is 1. The molecule has 37 heteroatoms. The van der Waals surface area contributed by atoms with Crippen molar-refractivity contribution in [1.82, 2.24) is 79.4 Å². The highest BCUT2D eigenvalue weighted by molar-refractivity contribution is 7.80. The molecule has 22 N–H and O–H groups in total. The number of carbonyl (C=O) groups excluding carboxylic acids is 15. The van der Waals surface area contributed by atoms with Gasteiger partial charge in [-0.25, -0.2) is 0 Å². The fourth-order valence-electron chi connectivity index (χ4n) is 10.6. The largest absolute Gasteiger partial charge is 0.394 e. The van der Waals surface area contributed by atoms with E-state index in [0.717, 1.165) is 13.8 Å². The van der Waals surface area contributed by atoms with E-state index < -0.39 is 187 Å². The third-order valence-electron chi connectivity index (χ3n) is 16.5. The predicted molar refractivity (Wildman–Crippen MR) is 400 cm³/mol. The molecule has 1 aromatic heterocycles. The Bertz CT molecular complexity index is 3930. The molecule has 0 aliphatic heterocycles. The standard InChI is InChI=1S/C71H93N17O18S2/c1-39(78-57(94)34-76-56(93)33-75-55(92)31-73)62(97)77-35-58(95)79-54(37-107)69(104)82-50(28-43-19-9-5-10-20-43)64(99)81-49(27-42-17-7-4-8-18-42)65(100)83-52(30-45-32-74-47-24-14-13-23-46(45)47)66(101)80-48(25-15-16-26-72)63(98)87-60(40(2)90)70(105)84-51(29-44-21-11-6-12-22-44)67(102)88-61(41(3)91)71(106)85-53(36-89)68(103)86-59(96)38-108/h4-14,17-24,32,38-41,48-54,60-61,74,89-91,107H,15-16,25-31,33-37,72-73H2,1-3H3,(H,75,92)(H,76,93)(H,77,97)(H,78,94)(H,79,95)(H,80,101)(H,81,99)(H,82,104)(H,83,100)(H,84,105)(H,85,106)(H,87,98)(H,88,102)(H,86,96,103)/t39-,40+,41+,48-,49-,50-,51-,52-,53-,54-,60-,61-/m0/s1. The number of amides is 15. The van der Waals surface area contributed by atoms with Gasteiger partial charge in [0.15, 0.2) is 0 Å². The first-order valence-corrected chi connectivity index (χ1v) is 35.5. The predicted octanol–water partition coefficient (Wildman–Crippen LogP) is -5.93. The highest BCUT2D eigenvalue weighted by Crippen LogP contribution is 2.20. The molecular weight excluding hydrogens is 1440 g/mol. The molecule has 0 saturated carbocycles. The van der Waals surface area contributed by atoms with Crippen LogP contribution in [-0.4, -0.2) is 232 Å². The van der Waals surface area contributed by atoms with Crippen molar-refractivity contribution >= 4 is 130 Å². The van der Waals surface area contributed by atoms with Crippen molar-refractivity contribution in [3.8, 4) is 0 Å². The Morgan fingerprint density at radius 3 is 1.32 bits per heavy atom. The fourth-order valence-corrected chi connectivity index (χ4v) is 11.0. The maximum Gasteiger partial charge on any atom is 0.261 e. The van der Waals surface area contributed by atoms with E-state index in [1.165, 1.54) is 6.92 Å². The molecule has 0 saturated heterocycles. The first kappa shape index (κ1) is 87.5. The summed E-state index contributed by atoms with van der Waals surface area (Å²) < 4.78 is 0. The number of imide groups is 1. The second-order valence-electron chi connectivity index (χ2n) is 25.0. The smallest absolute Gasteiger partial charge is 0.261 e. The third kappa shape index (κ3) is 29.3.